The molecule has 0 aliphatic rings. The lowest BCUT2D eigenvalue weighted by Crippen LogP contribution is -2.33. The molecule has 0 saturated heterocycles. The Morgan fingerprint density at radius 1 is 1.43 bits per heavy atom. The number of H-pyrrole nitrogens is 1. The second-order valence-corrected chi connectivity index (χ2v) is 7.05. The summed E-state index contributed by atoms with van der Waals surface area (Å²) in [4.78, 5) is 0. The van der Waals surface area contributed by atoms with E-state index in [0.717, 1.165) is 24.2 Å². The van der Waals surface area contributed by atoms with E-state index < -0.39 is 10.0 Å². The molecule has 1 aromatic rings. The molecule has 0 unspecified atom stereocenters. The van der Waals surface area contributed by atoms with Crippen molar-refractivity contribution in [3.8, 4) is 0 Å². The van der Waals surface area contributed by atoms with Crippen molar-refractivity contribution in [2.75, 3.05) is 19.6 Å². The first-order chi connectivity index (χ1) is 9.84. The Balaban J connectivity index is 3.10. The van der Waals surface area contributed by atoms with Crippen LogP contribution in [0.4, 0.5) is 0 Å². The highest BCUT2D eigenvalue weighted by Crippen LogP contribution is 2.21. The summed E-state index contributed by atoms with van der Waals surface area (Å²) in [5.41, 5.74) is 2.30. The van der Waals surface area contributed by atoms with Crippen LogP contribution in [-0.4, -0.2) is 42.6 Å². The number of aryl methyl sites for hydroxylation is 1. The maximum absolute atomic E-state index is 12.7. The van der Waals surface area contributed by atoms with E-state index in [-0.39, 0.29) is 5.03 Å². The number of nitrogens with one attached hydrogen (secondary N) is 2. The van der Waals surface area contributed by atoms with Crippen molar-refractivity contribution in [2.24, 2.45) is 0 Å². The van der Waals surface area contributed by atoms with E-state index in [9.17, 15) is 8.42 Å². The standard InChI is InChI=1S/C14H26N4O2S/c1-6-8-15-9-13-12(5)16-17-14(13)21(19,20)18(7-2)10-11(3)4/h15H,3,6-10H2,1-2,4-5H3,(H,16,17). The number of hydrogen-bond donors (Lipinski definition) is 2. The van der Waals surface area contributed by atoms with E-state index >= 15 is 0 Å². The highest BCUT2D eigenvalue weighted by molar-refractivity contribution is 7.89. The minimum Gasteiger partial charge on any atom is -0.313 e. The Bertz CT molecular complexity index is 578. The summed E-state index contributed by atoms with van der Waals surface area (Å²) < 4.78 is 26.9. The zero-order chi connectivity index (χ0) is 16.0. The third-order valence-electron chi connectivity index (χ3n) is 3.15. The number of likely N-dealkylation sites (N-methyl/N-ethyl adjacent to an activating group) is 1. The molecule has 6 nitrogen and oxygen atoms in total. The van der Waals surface area contributed by atoms with Gasteiger partial charge in [0.05, 0.1) is 0 Å². The third-order valence-corrected chi connectivity index (χ3v) is 5.04. The molecule has 0 radical (unpaired) electrons. The van der Waals surface area contributed by atoms with Gasteiger partial charge in [-0.2, -0.15) is 9.40 Å². The fourth-order valence-corrected chi connectivity index (χ4v) is 3.70. The molecule has 0 amide bonds. The van der Waals surface area contributed by atoms with E-state index in [0.29, 0.717) is 25.2 Å². The Labute approximate surface area is 127 Å². The molecule has 0 saturated carbocycles. The topological polar surface area (TPSA) is 78.1 Å². The van der Waals surface area contributed by atoms with Crippen molar-refractivity contribution in [1.82, 2.24) is 19.8 Å². The van der Waals surface area contributed by atoms with Crippen molar-refractivity contribution in [3.63, 3.8) is 0 Å². The van der Waals surface area contributed by atoms with Gasteiger partial charge in [0.15, 0.2) is 5.03 Å². The number of rotatable bonds is 9. The Hall–Kier alpha value is -1.18. The minimum atomic E-state index is -3.60. The molecule has 0 aliphatic carbocycles. The van der Waals surface area contributed by atoms with Crippen LogP contribution in [0.25, 0.3) is 0 Å². The second kappa shape index (κ2) is 7.72. The van der Waals surface area contributed by atoms with Gasteiger partial charge in [-0.3, -0.25) is 5.10 Å². The van der Waals surface area contributed by atoms with Crippen molar-refractivity contribution in [1.29, 1.82) is 0 Å². The van der Waals surface area contributed by atoms with Crippen LogP contribution in [0.3, 0.4) is 0 Å². The average Bonchev–Trinajstić information content (AvgIpc) is 2.78. The fourth-order valence-electron chi connectivity index (χ4n) is 2.03. The van der Waals surface area contributed by atoms with Gasteiger partial charge >= 0.3 is 0 Å². The summed E-state index contributed by atoms with van der Waals surface area (Å²) in [6.45, 7) is 13.4. The lowest BCUT2D eigenvalue weighted by atomic mass is 10.2. The van der Waals surface area contributed by atoms with Crippen LogP contribution in [0.2, 0.25) is 0 Å². The van der Waals surface area contributed by atoms with Crippen molar-refractivity contribution in [3.05, 3.63) is 23.4 Å². The molecule has 0 aromatic carbocycles. The van der Waals surface area contributed by atoms with Crippen LogP contribution in [0.1, 0.15) is 38.4 Å². The van der Waals surface area contributed by atoms with E-state index in [1.807, 2.05) is 20.8 Å². The average molecular weight is 314 g/mol. The molecular formula is C14H26N4O2S. The molecule has 0 spiro atoms. The molecule has 0 fully saturated rings. The smallest absolute Gasteiger partial charge is 0.262 e. The third kappa shape index (κ3) is 4.39. The van der Waals surface area contributed by atoms with Gasteiger partial charge in [0.1, 0.15) is 0 Å². The molecule has 1 aromatic heterocycles. The quantitative estimate of drug-likeness (QED) is 0.538. The summed E-state index contributed by atoms with van der Waals surface area (Å²) in [5.74, 6) is 0. The van der Waals surface area contributed by atoms with Crippen LogP contribution >= 0.6 is 0 Å². The van der Waals surface area contributed by atoms with Crippen molar-refractivity contribution >= 4 is 10.0 Å². The second-order valence-electron chi connectivity index (χ2n) is 5.20. The lowest BCUT2D eigenvalue weighted by Gasteiger charge is -2.20. The molecular weight excluding hydrogens is 288 g/mol. The van der Waals surface area contributed by atoms with Crippen molar-refractivity contribution in [2.45, 2.75) is 45.7 Å². The highest BCUT2D eigenvalue weighted by atomic mass is 32.2. The first kappa shape index (κ1) is 17.9. The first-order valence-electron chi connectivity index (χ1n) is 7.23. The largest absolute Gasteiger partial charge is 0.313 e. The van der Waals surface area contributed by atoms with Crippen molar-refractivity contribution < 1.29 is 8.42 Å². The Morgan fingerprint density at radius 2 is 2.10 bits per heavy atom. The van der Waals surface area contributed by atoms with Gasteiger partial charge in [0.25, 0.3) is 10.0 Å². The van der Waals surface area contributed by atoms with Crippen LogP contribution in [0.5, 0.6) is 0 Å². The van der Waals surface area contributed by atoms with Gasteiger partial charge in [0, 0.05) is 30.9 Å². The summed E-state index contributed by atoms with van der Waals surface area (Å²) in [6.07, 6.45) is 0.996. The molecule has 1 heterocycles. The highest BCUT2D eigenvalue weighted by Gasteiger charge is 2.29. The van der Waals surface area contributed by atoms with Gasteiger partial charge in [-0.05, 0) is 26.8 Å². The Kier molecular flexibility index (Phi) is 6.57. The van der Waals surface area contributed by atoms with Gasteiger partial charge in [-0.25, -0.2) is 8.42 Å². The van der Waals surface area contributed by atoms with Crippen LogP contribution in [-0.2, 0) is 16.6 Å². The van der Waals surface area contributed by atoms with Gasteiger partial charge in [0.2, 0.25) is 0 Å². The van der Waals surface area contributed by atoms with E-state index in [1.165, 1.54) is 4.31 Å². The SMILES string of the molecule is C=C(C)CN(CC)S(=O)(=O)c1n[nH]c(C)c1CNCCC. The maximum atomic E-state index is 12.7. The number of sulfonamides is 1. The molecule has 0 aliphatic heterocycles. The molecule has 120 valence electrons. The summed E-state index contributed by atoms with van der Waals surface area (Å²) in [5, 5.41) is 10.1. The predicted octanol–water partition coefficient (Wildman–Crippen LogP) is 1.80. The number of nitrogens with zero attached hydrogens (tertiary/aromatic N) is 2. The summed E-state index contributed by atoms with van der Waals surface area (Å²) in [6, 6.07) is 0. The van der Waals surface area contributed by atoms with Crippen LogP contribution in [0, 0.1) is 6.92 Å². The molecule has 0 bridgehead atoms. The lowest BCUT2D eigenvalue weighted by molar-refractivity contribution is 0.449. The minimum absolute atomic E-state index is 0.117. The van der Waals surface area contributed by atoms with Crippen LogP contribution in [0.15, 0.2) is 17.2 Å². The zero-order valence-electron chi connectivity index (χ0n) is 13.4. The van der Waals surface area contributed by atoms with E-state index in [4.69, 9.17) is 0 Å². The molecule has 21 heavy (non-hydrogen) atoms. The van der Waals surface area contributed by atoms with Gasteiger partial charge in [-0.1, -0.05) is 26.0 Å². The number of aromatic amines is 1. The summed E-state index contributed by atoms with van der Waals surface area (Å²) in [7, 11) is -3.60. The monoisotopic (exact) mass is 314 g/mol. The molecule has 7 heteroatoms. The normalized spacial score (nSPS) is 12.0. The molecule has 2 N–H and O–H groups in total. The number of aromatic nitrogens is 2. The fraction of sp³-hybridized carbons (Fsp3) is 0.643. The Morgan fingerprint density at radius 3 is 2.62 bits per heavy atom. The zero-order valence-corrected chi connectivity index (χ0v) is 14.2. The van der Waals surface area contributed by atoms with E-state index in [1.54, 1.807) is 0 Å². The predicted molar refractivity (Wildman–Crippen MR) is 84.6 cm³/mol. The van der Waals surface area contributed by atoms with E-state index in [2.05, 4.69) is 29.0 Å². The first-order valence-corrected chi connectivity index (χ1v) is 8.67. The van der Waals surface area contributed by atoms with Crippen LogP contribution < -0.4 is 5.32 Å². The summed E-state index contributed by atoms with van der Waals surface area (Å²) >= 11 is 0. The number of hydrogen-bond acceptors (Lipinski definition) is 4. The molecule has 0 atom stereocenters. The maximum Gasteiger partial charge on any atom is 0.262 e. The molecule has 1 rings (SSSR count). The van der Waals surface area contributed by atoms with Gasteiger partial charge < -0.3 is 5.32 Å². The van der Waals surface area contributed by atoms with Gasteiger partial charge in [-0.15, -0.1) is 0 Å².